The van der Waals surface area contributed by atoms with Crippen molar-refractivity contribution in [1.82, 2.24) is 30.8 Å². The van der Waals surface area contributed by atoms with Crippen LogP contribution in [0.25, 0.3) is 16.8 Å². The molecule has 0 saturated carbocycles. The number of thioether (sulfide) groups is 1. The number of aromatic nitrogens is 4. The molecule has 12 nitrogen and oxygen atoms in total. The van der Waals surface area contributed by atoms with E-state index in [-0.39, 0.29) is 44.4 Å². The number of nitrogens with zero attached hydrogens (tertiary/aromatic N) is 4. The Morgan fingerprint density at radius 2 is 1.63 bits per heavy atom. The molecule has 6 rings (SSSR count). The number of para-hydroxylation sites is 1. The second-order valence-corrected chi connectivity index (χ2v) is 12.9. The number of benzene rings is 4. The number of rotatable bonds is 13. The molecule has 0 aliphatic carbocycles. The van der Waals surface area contributed by atoms with Crippen LogP contribution in [0.1, 0.15) is 48.5 Å². The molecular formula is C38H40N6O6S. The van der Waals surface area contributed by atoms with Crippen molar-refractivity contribution in [1.29, 1.82) is 0 Å². The van der Waals surface area contributed by atoms with E-state index in [1.54, 1.807) is 11.6 Å². The van der Waals surface area contributed by atoms with Crippen LogP contribution in [0.15, 0.2) is 108 Å². The van der Waals surface area contributed by atoms with Gasteiger partial charge in [-0.15, -0.1) is 5.10 Å². The topological polar surface area (TPSA) is 150 Å². The maximum Gasteiger partial charge on any atom is 0.325 e. The fraction of sp³-hybridized carbons (Fsp3) is 0.289. The number of hydrogen-bond acceptors (Lipinski definition) is 10. The van der Waals surface area contributed by atoms with E-state index in [9.17, 15) is 14.7 Å². The minimum atomic E-state index is -0.645. The van der Waals surface area contributed by atoms with Crippen LogP contribution >= 0.6 is 11.8 Å². The van der Waals surface area contributed by atoms with Crippen molar-refractivity contribution in [3.05, 3.63) is 125 Å². The van der Waals surface area contributed by atoms with Gasteiger partial charge in [-0.1, -0.05) is 110 Å². The van der Waals surface area contributed by atoms with Crippen LogP contribution < -0.4 is 10.6 Å². The van der Waals surface area contributed by atoms with Crippen LogP contribution in [0, 0.1) is 5.92 Å². The lowest BCUT2D eigenvalue weighted by molar-refractivity contribution is -0.268. The predicted molar refractivity (Wildman–Crippen MR) is 192 cm³/mol. The van der Waals surface area contributed by atoms with Gasteiger partial charge in [0.1, 0.15) is 6.54 Å². The lowest BCUT2D eigenvalue weighted by Crippen LogP contribution is -2.38. The number of tetrazole rings is 1. The van der Waals surface area contributed by atoms with Crippen LogP contribution in [0.5, 0.6) is 0 Å². The zero-order chi connectivity index (χ0) is 35.6. The number of ether oxygens (including phenoxy) is 3. The molecule has 0 bridgehead atoms. The maximum atomic E-state index is 12.3. The molecule has 1 aliphatic heterocycles. The molecule has 1 fully saturated rings. The molecule has 0 unspecified atom stereocenters. The second kappa shape index (κ2) is 17.2. The standard InChI is InChI=1S/C38H40N6O6S/c1-3-48-34(46)22-40-37(47)39-21-30-9-7-8-12-32(30)27-17-19-29(20-18-27)36-49-33(25(2)35(50-36)28-15-13-26(23-45)14-16-28)24-51-38-41-42-43-44(38)31-10-5-4-6-11-31/h4-20,25,33,35-36,45H,3,21-24H2,1-2H3,(H2,39,40,47)/t25-,33+,35+,36+/m0/s1. The summed E-state index contributed by atoms with van der Waals surface area (Å²) in [6.45, 7) is 4.12. The van der Waals surface area contributed by atoms with Crippen molar-refractivity contribution in [3.63, 3.8) is 0 Å². The second-order valence-electron chi connectivity index (χ2n) is 12.0. The van der Waals surface area contributed by atoms with Crippen LogP contribution in [-0.2, 0) is 32.2 Å². The summed E-state index contributed by atoms with van der Waals surface area (Å²) < 4.78 is 19.9. The number of carbonyl (C=O) groups is 2. The van der Waals surface area contributed by atoms with Crippen LogP contribution in [0.3, 0.4) is 0 Å². The Morgan fingerprint density at radius 1 is 0.902 bits per heavy atom. The first-order valence-electron chi connectivity index (χ1n) is 16.8. The minimum absolute atomic E-state index is 0.0112. The molecule has 5 aromatic rings. The monoisotopic (exact) mass is 708 g/mol. The van der Waals surface area contributed by atoms with Crippen molar-refractivity contribution in [3.8, 4) is 16.8 Å². The van der Waals surface area contributed by atoms with E-state index in [0.29, 0.717) is 10.9 Å². The van der Waals surface area contributed by atoms with Gasteiger partial charge >= 0.3 is 12.0 Å². The number of hydrogen-bond donors (Lipinski definition) is 3. The highest BCUT2D eigenvalue weighted by atomic mass is 32.2. The van der Waals surface area contributed by atoms with Gasteiger partial charge in [-0.3, -0.25) is 4.79 Å². The number of urea groups is 1. The molecule has 1 aromatic heterocycles. The summed E-state index contributed by atoms with van der Waals surface area (Å²) in [4.78, 5) is 23.9. The molecule has 1 saturated heterocycles. The molecule has 3 N–H and O–H groups in total. The van der Waals surface area contributed by atoms with E-state index in [4.69, 9.17) is 14.2 Å². The van der Waals surface area contributed by atoms with Crippen LogP contribution in [-0.4, -0.2) is 62.3 Å². The lowest BCUT2D eigenvalue weighted by Gasteiger charge is -2.41. The van der Waals surface area contributed by atoms with E-state index < -0.39 is 18.3 Å². The zero-order valence-electron chi connectivity index (χ0n) is 28.3. The van der Waals surface area contributed by atoms with Gasteiger partial charge < -0.3 is 30.0 Å². The van der Waals surface area contributed by atoms with Gasteiger partial charge in [0.2, 0.25) is 5.16 Å². The summed E-state index contributed by atoms with van der Waals surface area (Å²) in [5.41, 5.74) is 6.40. The number of nitrogens with one attached hydrogen (secondary N) is 2. The summed E-state index contributed by atoms with van der Waals surface area (Å²) in [5, 5.41) is 28.0. The largest absolute Gasteiger partial charge is 0.465 e. The van der Waals surface area contributed by atoms with Gasteiger partial charge in [-0.2, -0.15) is 4.68 Å². The summed E-state index contributed by atoms with van der Waals surface area (Å²) in [7, 11) is 0. The first-order valence-corrected chi connectivity index (χ1v) is 17.7. The number of carbonyl (C=O) groups excluding carboxylic acids is 2. The minimum Gasteiger partial charge on any atom is -0.465 e. The van der Waals surface area contributed by atoms with Crippen molar-refractivity contribution in [2.75, 3.05) is 18.9 Å². The lowest BCUT2D eigenvalue weighted by atomic mass is 9.91. The molecule has 13 heteroatoms. The molecule has 0 radical (unpaired) electrons. The van der Waals surface area contributed by atoms with Gasteiger partial charge in [0.25, 0.3) is 0 Å². The quantitative estimate of drug-likeness (QED) is 0.102. The summed E-state index contributed by atoms with van der Waals surface area (Å²) in [5.74, 6) is 0.0860. The number of esters is 1. The van der Waals surface area contributed by atoms with Crippen LogP contribution in [0.2, 0.25) is 0 Å². The Morgan fingerprint density at radius 3 is 2.37 bits per heavy atom. The summed E-state index contributed by atoms with van der Waals surface area (Å²) >= 11 is 1.53. The first-order chi connectivity index (χ1) is 24.9. The first kappa shape index (κ1) is 35.7. The molecule has 2 heterocycles. The zero-order valence-corrected chi connectivity index (χ0v) is 29.2. The van der Waals surface area contributed by atoms with E-state index in [1.807, 2.05) is 103 Å². The normalized spacial score (nSPS) is 18.6. The third-order valence-corrected chi connectivity index (χ3v) is 9.60. The van der Waals surface area contributed by atoms with Crippen molar-refractivity contribution >= 4 is 23.8 Å². The predicted octanol–water partition coefficient (Wildman–Crippen LogP) is 5.77. The molecule has 4 aromatic carbocycles. The maximum absolute atomic E-state index is 12.3. The van der Waals surface area contributed by atoms with Gasteiger partial charge in [0, 0.05) is 23.8 Å². The fourth-order valence-electron chi connectivity index (χ4n) is 5.85. The Balaban J connectivity index is 1.18. The van der Waals surface area contributed by atoms with E-state index >= 15 is 0 Å². The van der Waals surface area contributed by atoms with Gasteiger partial charge in [0.15, 0.2) is 6.29 Å². The van der Waals surface area contributed by atoms with Gasteiger partial charge in [-0.05, 0) is 57.3 Å². The molecule has 0 spiro atoms. The number of amides is 2. The average molecular weight is 709 g/mol. The Kier molecular flexibility index (Phi) is 12.1. The third kappa shape index (κ3) is 8.99. The highest BCUT2D eigenvalue weighted by Gasteiger charge is 2.38. The molecule has 264 valence electrons. The molecular weight excluding hydrogens is 669 g/mol. The van der Waals surface area contributed by atoms with Crippen LogP contribution in [0.4, 0.5) is 4.79 Å². The van der Waals surface area contributed by atoms with E-state index in [2.05, 4.69) is 33.1 Å². The fourth-order valence-corrected chi connectivity index (χ4v) is 6.90. The molecule has 4 atom stereocenters. The Bertz CT molecular complexity index is 1890. The molecule has 2 amide bonds. The van der Waals surface area contributed by atoms with Crippen molar-refractivity contribution in [2.45, 2.75) is 50.7 Å². The Hall–Kier alpha value is -5.08. The number of aliphatic hydroxyl groups is 1. The molecule has 1 aliphatic rings. The summed E-state index contributed by atoms with van der Waals surface area (Å²) in [6.07, 6.45) is -1.12. The van der Waals surface area contributed by atoms with Gasteiger partial charge in [-0.25, -0.2) is 4.79 Å². The smallest absolute Gasteiger partial charge is 0.325 e. The highest BCUT2D eigenvalue weighted by Crippen LogP contribution is 2.43. The van der Waals surface area contributed by atoms with E-state index in [0.717, 1.165) is 39.1 Å². The highest BCUT2D eigenvalue weighted by molar-refractivity contribution is 7.99. The number of aliphatic hydroxyl groups excluding tert-OH is 1. The SMILES string of the molecule is CCOC(=O)CNC(=O)NCc1ccccc1-c1ccc([C@@H]2O[C@H](CSc3nnnn3-c3ccccc3)[C@H](C)[C@H](c3ccc(CO)cc3)O2)cc1. The van der Waals surface area contributed by atoms with Gasteiger partial charge in [0.05, 0.1) is 31.1 Å². The Labute approximate surface area is 300 Å². The average Bonchev–Trinajstić information content (AvgIpc) is 3.65. The third-order valence-electron chi connectivity index (χ3n) is 8.59. The summed E-state index contributed by atoms with van der Waals surface area (Å²) in [6, 6.07) is 33.0. The molecule has 51 heavy (non-hydrogen) atoms. The van der Waals surface area contributed by atoms with Crippen molar-refractivity contribution < 1.29 is 28.9 Å². The van der Waals surface area contributed by atoms with Crippen molar-refractivity contribution in [2.24, 2.45) is 5.92 Å². The van der Waals surface area contributed by atoms with E-state index in [1.165, 1.54) is 11.8 Å².